The molecule has 126 valence electrons. The Morgan fingerprint density at radius 3 is 2.09 bits per heavy atom. The van der Waals surface area contributed by atoms with Gasteiger partial charge in [0, 0.05) is 5.46 Å². The summed E-state index contributed by atoms with van der Waals surface area (Å²) in [5.41, 5.74) is -0.874. The number of hydrogen-bond acceptors (Lipinski definition) is 5. The molecular formula is C17H25BO5. The number of ether oxygens (including phenoxy) is 2. The minimum atomic E-state index is -0.749. The summed E-state index contributed by atoms with van der Waals surface area (Å²) in [6, 6.07) is 7.16. The summed E-state index contributed by atoms with van der Waals surface area (Å²) >= 11 is 0. The van der Waals surface area contributed by atoms with Crippen LogP contribution in [0, 0.1) is 0 Å². The highest BCUT2D eigenvalue weighted by atomic mass is 16.7. The molecule has 1 saturated heterocycles. The molecule has 1 aromatic carbocycles. The molecule has 0 unspecified atom stereocenters. The molecule has 0 aromatic heterocycles. The fourth-order valence-corrected chi connectivity index (χ4v) is 2.10. The lowest BCUT2D eigenvalue weighted by Crippen LogP contribution is -2.41. The third kappa shape index (κ3) is 4.06. The highest BCUT2D eigenvalue weighted by molar-refractivity contribution is 6.63. The lowest BCUT2D eigenvalue weighted by Gasteiger charge is -2.32. The number of benzene rings is 1. The van der Waals surface area contributed by atoms with Gasteiger partial charge in [0.15, 0.2) is 0 Å². The van der Waals surface area contributed by atoms with Crippen LogP contribution in [0.1, 0.15) is 48.5 Å². The third-order valence-corrected chi connectivity index (χ3v) is 4.01. The van der Waals surface area contributed by atoms with Gasteiger partial charge >= 0.3 is 13.3 Å². The van der Waals surface area contributed by atoms with Gasteiger partial charge in [-0.05, 0) is 54.5 Å². The summed E-state index contributed by atoms with van der Waals surface area (Å²) in [5.74, 6) is 0.375. The highest BCUT2D eigenvalue weighted by Crippen LogP contribution is 2.37. The molecule has 0 spiro atoms. The van der Waals surface area contributed by atoms with Crippen molar-refractivity contribution < 1.29 is 23.6 Å². The Morgan fingerprint density at radius 1 is 1.04 bits per heavy atom. The zero-order valence-corrected chi connectivity index (χ0v) is 14.9. The van der Waals surface area contributed by atoms with E-state index in [0.717, 1.165) is 0 Å². The van der Waals surface area contributed by atoms with Gasteiger partial charge < -0.3 is 18.8 Å². The summed E-state index contributed by atoms with van der Waals surface area (Å²) in [6.07, 6.45) is -0.749. The Labute approximate surface area is 138 Å². The number of carbonyl (C=O) groups excluding carboxylic acids is 1. The van der Waals surface area contributed by atoms with Crippen molar-refractivity contribution in [3.05, 3.63) is 24.3 Å². The molecule has 6 heteroatoms. The van der Waals surface area contributed by atoms with Crippen molar-refractivity contribution in [2.24, 2.45) is 0 Å². The normalized spacial score (nSPS) is 19.5. The molecule has 5 nitrogen and oxygen atoms in total. The first kappa shape index (κ1) is 17.8. The topological polar surface area (TPSA) is 54.0 Å². The highest BCUT2D eigenvalue weighted by Gasteiger charge is 2.52. The molecule has 1 aliphatic heterocycles. The van der Waals surface area contributed by atoms with Crippen molar-refractivity contribution >= 4 is 18.7 Å². The molecule has 0 radical (unpaired) electrons. The van der Waals surface area contributed by atoms with Gasteiger partial charge in [0.1, 0.15) is 11.4 Å². The maximum Gasteiger partial charge on any atom is 0.514 e. The Morgan fingerprint density at radius 2 is 1.57 bits per heavy atom. The molecule has 0 atom stereocenters. The molecule has 0 amide bonds. The van der Waals surface area contributed by atoms with Crippen LogP contribution < -0.4 is 10.2 Å². The molecule has 0 aliphatic carbocycles. The summed E-state index contributed by atoms with van der Waals surface area (Å²) in [7, 11) is -0.598. The standard InChI is InChI=1S/C17H25BO5/c1-15(2,3)21-14(19)20-13-11-9-8-10-12(13)18-22-16(4,5)17(6,7)23-18/h8-11H,1-7H3. The van der Waals surface area contributed by atoms with Gasteiger partial charge in [-0.25, -0.2) is 4.79 Å². The number of rotatable bonds is 2. The number of para-hydroxylation sites is 1. The van der Waals surface area contributed by atoms with E-state index in [0.29, 0.717) is 11.2 Å². The van der Waals surface area contributed by atoms with E-state index in [2.05, 4.69) is 0 Å². The van der Waals surface area contributed by atoms with E-state index in [1.807, 2.05) is 39.8 Å². The van der Waals surface area contributed by atoms with E-state index < -0.39 is 30.1 Å². The summed E-state index contributed by atoms with van der Waals surface area (Å²) in [5, 5.41) is 0. The first-order valence-corrected chi connectivity index (χ1v) is 7.77. The van der Waals surface area contributed by atoms with Crippen LogP contribution in [0.2, 0.25) is 0 Å². The Balaban J connectivity index is 2.21. The molecular weight excluding hydrogens is 295 g/mol. The Bertz CT molecular complexity index is 573. The monoisotopic (exact) mass is 320 g/mol. The predicted octanol–water partition coefficient (Wildman–Crippen LogP) is 3.30. The van der Waals surface area contributed by atoms with Gasteiger partial charge in [-0.1, -0.05) is 18.2 Å². The fraction of sp³-hybridized carbons (Fsp3) is 0.588. The zero-order chi connectivity index (χ0) is 17.5. The van der Waals surface area contributed by atoms with Crippen LogP contribution in [-0.4, -0.2) is 30.1 Å². The maximum absolute atomic E-state index is 11.9. The van der Waals surface area contributed by atoms with E-state index in [1.54, 1.807) is 32.9 Å². The lowest BCUT2D eigenvalue weighted by molar-refractivity contribution is 0.00578. The predicted molar refractivity (Wildman–Crippen MR) is 89.0 cm³/mol. The summed E-state index contributed by atoms with van der Waals surface area (Å²) < 4.78 is 22.6. The Kier molecular flexibility index (Phi) is 4.52. The van der Waals surface area contributed by atoms with Crippen LogP contribution in [0.5, 0.6) is 5.75 Å². The lowest BCUT2D eigenvalue weighted by atomic mass is 9.78. The van der Waals surface area contributed by atoms with Crippen molar-refractivity contribution in [1.82, 2.24) is 0 Å². The zero-order valence-electron chi connectivity index (χ0n) is 14.9. The van der Waals surface area contributed by atoms with Crippen molar-refractivity contribution in [3.63, 3.8) is 0 Å². The van der Waals surface area contributed by atoms with Crippen molar-refractivity contribution in [2.45, 2.75) is 65.3 Å². The molecule has 2 rings (SSSR count). The van der Waals surface area contributed by atoms with Gasteiger partial charge in [0.05, 0.1) is 11.2 Å². The minimum Gasteiger partial charge on any atom is -0.428 e. The van der Waals surface area contributed by atoms with Crippen LogP contribution in [0.4, 0.5) is 4.79 Å². The molecule has 1 aliphatic rings. The van der Waals surface area contributed by atoms with E-state index >= 15 is 0 Å². The van der Waals surface area contributed by atoms with E-state index in [-0.39, 0.29) is 0 Å². The molecule has 23 heavy (non-hydrogen) atoms. The third-order valence-electron chi connectivity index (χ3n) is 4.01. The summed E-state index contributed by atoms with van der Waals surface area (Å²) in [4.78, 5) is 11.9. The average molecular weight is 320 g/mol. The van der Waals surface area contributed by atoms with Crippen LogP contribution in [0.25, 0.3) is 0 Å². The van der Waals surface area contributed by atoms with Crippen molar-refractivity contribution in [2.75, 3.05) is 0 Å². The number of carbonyl (C=O) groups is 1. The average Bonchev–Trinajstić information content (AvgIpc) is 2.56. The van der Waals surface area contributed by atoms with Gasteiger partial charge in [-0.2, -0.15) is 0 Å². The SMILES string of the molecule is CC(C)(C)OC(=O)Oc1ccccc1B1OC(C)(C)C(C)(C)O1. The quantitative estimate of drug-likeness (QED) is 0.475. The van der Waals surface area contributed by atoms with Crippen LogP contribution in [-0.2, 0) is 14.0 Å². The van der Waals surface area contributed by atoms with Crippen LogP contribution in [0.15, 0.2) is 24.3 Å². The summed E-state index contributed by atoms with van der Waals surface area (Å²) in [6.45, 7) is 13.3. The van der Waals surface area contributed by atoms with Crippen LogP contribution in [0.3, 0.4) is 0 Å². The molecule has 1 heterocycles. The maximum atomic E-state index is 11.9. The fourth-order valence-electron chi connectivity index (χ4n) is 2.10. The second-order valence-corrected chi connectivity index (χ2v) is 7.69. The van der Waals surface area contributed by atoms with E-state index in [1.165, 1.54) is 0 Å². The second kappa shape index (κ2) is 5.84. The van der Waals surface area contributed by atoms with Gasteiger partial charge in [0.2, 0.25) is 0 Å². The Hall–Kier alpha value is -1.53. The number of hydrogen-bond donors (Lipinski definition) is 0. The minimum absolute atomic E-state index is 0.375. The van der Waals surface area contributed by atoms with Crippen LogP contribution >= 0.6 is 0 Å². The molecule has 0 saturated carbocycles. The first-order valence-electron chi connectivity index (χ1n) is 7.77. The van der Waals surface area contributed by atoms with Gasteiger partial charge in [-0.3, -0.25) is 0 Å². The first-order chi connectivity index (χ1) is 10.4. The largest absolute Gasteiger partial charge is 0.514 e. The van der Waals surface area contributed by atoms with E-state index in [4.69, 9.17) is 18.8 Å². The van der Waals surface area contributed by atoms with Gasteiger partial charge in [0.25, 0.3) is 0 Å². The molecule has 0 N–H and O–H groups in total. The van der Waals surface area contributed by atoms with E-state index in [9.17, 15) is 4.79 Å². The smallest absolute Gasteiger partial charge is 0.428 e. The molecule has 1 fully saturated rings. The second-order valence-electron chi connectivity index (χ2n) is 7.69. The van der Waals surface area contributed by atoms with Crippen molar-refractivity contribution in [3.8, 4) is 5.75 Å². The van der Waals surface area contributed by atoms with Crippen molar-refractivity contribution in [1.29, 1.82) is 0 Å². The molecule has 1 aromatic rings. The van der Waals surface area contributed by atoms with Gasteiger partial charge in [-0.15, -0.1) is 0 Å². The molecule has 0 bridgehead atoms.